The summed E-state index contributed by atoms with van der Waals surface area (Å²) >= 11 is 6.07. The second-order valence-electron chi connectivity index (χ2n) is 4.18. The number of aromatic nitrogens is 2. The van der Waals surface area contributed by atoms with E-state index in [-0.39, 0.29) is 17.0 Å². The summed E-state index contributed by atoms with van der Waals surface area (Å²) in [5.41, 5.74) is 1.47. The normalized spacial score (nSPS) is 14.4. The molecule has 0 amide bonds. The molecule has 0 saturated carbocycles. The minimum Gasteiger partial charge on any atom is -0.258 e. The van der Waals surface area contributed by atoms with Crippen molar-refractivity contribution in [1.82, 2.24) is 9.97 Å². The summed E-state index contributed by atoms with van der Waals surface area (Å²) in [6.07, 6.45) is 1.46. The molecule has 18 heavy (non-hydrogen) atoms. The first-order valence-corrected chi connectivity index (χ1v) is 5.97. The Morgan fingerprint density at radius 1 is 1.33 bits per heavy atom. The van der Waals surface area contributed by atoms with Gasteiger partial charge in [0.15, 0.2) is 0 Å². The van der Waals surface area contributed by atoms with Crippen LogP contribution in [0.15, 0.2) is 24.5 Å². The maximum Gasteiger partial charge on any atom is 0.270 e. The van der Waals surface area contributed by atoms with Crippen LogP contribution in [0.1, 0.15) is 25.5 Å². The highest BCUT2D eigenvalue weighted by molar-refractivity contribution is 6.21. The summed E-state index contributed by atoms with van der Waals surface area (Å²) < 4.78 is 0. The number of nitro groups is 1. The van der Waals surface area contributed by atoms with Gasteiger partial charge in [-0.3, -0.25) is 10.1 Å². The largest absolute Gasteiger partial charge is 0.270 e. The summed E-state index contributed by atoms with van der Waals surface area (Å²) in [5.74, 6) is -0.000768. The molecule has 1 heterocycles. The molecule has 1 aromatic heterocycles. The lowest BCUT2D eigenvalue weighted by Gasteiger charge is -2.14. The molecule has 0 fully saturated rings. The SMILES string of the molecule is CC(Cl)C(C)c1ncnc2ccc([N+](=O)[O-])cc12. The first-order chi connectivity index (χ1) is 8.50. The number of hydrogen-bond acceptors (Lipinski definition) is 4. The van der Waals surface area contributed by atoms with Gasteiger partial charge in [-0.2, -0.15) is 0 Å². The van der Waals surface area contributed by atoms with Crippen molar-refractivity contribution in [2.45, 2.75) is 25.1 Å². The molecule has 0 saturated heterocycles. The third kappa shape index (κ3) is 2.26. The molecule has 2 atom stereocenters. The van der Waals surface area contributed by atoms with Crippen LogP contribution < -0.4 is 0 Å². The lowest BCUT2D eigenvalue weighted by Crippen LogP contribution is -2.08. The fraction of sp³-hybridized carbons (Fsp3) is 0.333. The molecule has 2 unspecified atom stereocenters. The van der Waals surface area contributed by atoms with Gasteiger partial charge >= 0.3 is 0 Å². The summed E-state index contributed by atoms with van der Waals surface area (Å²) in [4.78, 5) is 18.7. The Bertz CT molecular complexity index is 601. The third-order valence-corrected chi connectivity index (χ3v) is 3.36. The van der Waals surface area contributed by atoms with E-state index in [0.717, 1.165) is 5.69 Å². The van der Waals surface area contributed by atoms with Crippen LogP contribution in [-0.4, -0.2) is 20.3 Å². The first kappa shape index (κ1) is 12.7. The van der Waals surface area contributed by atoms with Gasteiger partial charge < -0.3 is 0 Å². The monoisotopic (exact) mass is 265 g/mol. The van der Waals surface area contributed by atoms with Crippen molar-refractivity contribution in [3.63, 3.8) is 0 Å². The summed E-state index contributed by atoms with van der Waals surface area (Å²) in [6, 6.07) is 4.57. The Hall–Kier alpha value is -1.75. The second-order valence-corrected chi connectivity index (χ2v) is 4.87. The fourth-order valence-corrected chi connectivity index (χ4v) is 1.88. The fourth-order valence-electron chi connectivity index (χ4n) is 1.76. The Kier molecular flexibility index (Phi) is 3.43. The molecule has 94 valence electrons. The van der Waals surface area contributed by atoms with Gasteiger partial charge in [-0.05, 0) is 13.0 Å². The highest BCUT2D eigenvalue weighted by Gasteiger charge is 2.18. The molecule has 2 aromatic rings. The van der Waals surface area contributed by atoms with Crippen molar-refractivity contribution in [2.24, 2.45) is 0 Å². The lowest BCUT2D eigenvalue weighted by atomic mass is 10.00. The quantitative estimate of drug-likeness (QED) is 0.485. The predicted octanol–water partition coefficient (Wildman–Crippen LogP) is 3.27. The van der Waals surface area contributed by atoms with E-state index >= 15 is 0 Å². The van der Waals surface area contributed by atoms with Crippen molar-refractivity contribution < 1.29 is 4.92 Å². The third-order valence-electron chi connectivity index (χ3n) is 2.98. The molecule has 5 nitrogen and oxygen atoms in total. The molecule has 0 spiro atoms. The van der Waals surface area contributed by atoms with Crippen molar-refractivity contribution >= 4 is 28.2 Å². The van der Waals surface area contributed by atoms with Crippen molar-refractivity contribution in [2.75, 3.05) is 0 Å². The molecule has 0 radical (unpaired) electrons. The van der Waals surface area contributed by atoms with Crippen LogP contribution >= 0.6 is 11.6 Å². The van der Waals surface area contributed by atoms with Crippen LogP contribution in [0, 0.1) is 10.1 Å². The zero-order chi connectivity index (χ0) is 13.3. The molecule has 0 aliphatic heterocycles. The number of alkyl halides is 1. The molecular weight excluding hydrogens is 254 g/mol. The topological polar surface area (TPSA) is 68.9 Å². The van der Waals surface area contributed by atoms with Crippen molar-refractivity contribution in [3.8, 4) is 0 Å². The molecule has 2 rings (SSSR count). The number of nitro benzene ring substituents is 1. The average Bonchev–Trinajstić information content (AvgIpc) is 2.36. The number of non-ortho nitro benzene ring substituents is 1. The van der Waals surface area contributed by atoms with Gasteiger partial charge in [0, 0.05) is 28.8 Å². The first-order valence-electron chi connectivity index (χ1n) is 5.54. The highest BCUT2D eigenvalue weighted by Crippen LogP contribution is 2.29. The Morgan fingerprint density at radius 2 is 2.06 bits per heavy atom. The van der Waals surface area contributed by atoms with Crippen LogP contribution in [0.25, 0.3) is 10.9 Å². The van der Waals surface area contributed by atoms with Crippen LogP contribution in [-0.2, 0) is 0 Å². The minimum absolute atomic E-state index is 0.000768. The van der Waals surface area contributed by atoms with Crippen LogP contribution in [0.4, 0.5) is 5.69 Å². The average molecular weight is 266 g/mol. The minimum atomic E-state index is -0.426. The molecule has 0 aliphatic carbocycles. The Balaban J connectivity index is 2.66. The number of nitrogens with zero attached hydrogens (tertiary/aromatic N) is 3. The number of halogens is 1. The van der Waals surface area contributed by atoms with Gasteiger partial charge in [0.05, 0.1) is 16.1 Å². The molecule has 6 heteroatoms. The van der Waals surface area contributed by atoms with Gasteiger partial charge in [0.2, 0.25) is 0 Å². The highest BCUT2D eigenvalue weighted by atomic mass is 35.5. The lowest BCUT2D eigenvalue weighted by molar-refractivity contribution is -0.384. The number of benzene rings is 1. The van der Waals surface area contributed by atoms with Gasteiger partial charge in [0.25, 0.3) is 5.69 Å². The van der Waals surface area contributed by atoms with E-state index in [0.29, 0.717) is 10.9 Å². The van der Waals surface area contributed by atoms with Crippen molar-refractivity contribution in [3.05, 3.63) is 40.3 Å². The molecule has 0 bridgehead atoms. The van der Waals surface area contributed by atoms with Crippen LogP contribution in [0.3, 0.4) is 0 Å². The van der Waals surface area contributed by atoms with E-state index < -0.39 is 4.92 Å². The molecule has 1 aromatic carbocycles. The smallest absolute Gasteiger partial charge is 0.258 e. The standard InChI is InChI=1S/C12H12ClN3O2/c1-7(8(2)13)12-10-5-9(16(17)18)3-4-11(10)14-6-15-12/h3-8H,1-2H3. The molecule has 0 aliphatic rings. The molecular formula is C12H12ClN3O2. The van der Waals surface area contributed by atoms with E-state index in [4.69, 9.17) is 11.6 Å². The van der Waals surface area contributed by atoms with E-state index in [1.807, 2.05) is 13.8 Å². The number of hydrogen-bond donors (Lipinski definition) is 0. The molecule has 0 N–H and O–H groups in total. The van der Waals surface area contributed by atoms with Crippen molar-refractivity contribution in [1.29, 1.82) is 0 Å². The van der Waals surface area contributed by atoms with Gasteiger partial charge in [0.1, 0.15) is 6.33 Å². The number of fused-ring (bicyclic) bond motifs is 1. The summed E-state index contributed by atoms with van der Waals surface area (Å²) in [7, 11) is 0. The Labute approximate surface area is 109 Å². The maximum atomic E-state index is 10.8. The zero-order valence-electron chi connectivity index (χ0n) is 10.0. The van der Waals surface area contributed by atoms with E-state index in [9.17, 15) is 10.1 Å². The van der Waals surface area contributed by atoms with E-state index in [1.54, 1.807) is 6.07 Å². The van der Waals surface area contributed by atoms with Crippen LogP contribution in [0.5, 0.6) is 0 Å². The van der Waals surface area contributed by atoms with Crippen LogP contribution in [0.2, 0.25) is 0 Å². The van der Waals surface area contributed by atoms with Gasteiger partial charge in [-0.15, -0.1) is 11.6 Å². The van der Waals surface area contributed by atoms with E-state index in [1.165, 1.54) is 18.5 Å². The van der Waals surface area contributed by atoms with Gasteiger partial charge in [-0.25, -0.2) is 9.97 Å². The summed E-state index contributed by atoms with van der Waals surface area (Å²) in [5, 5.41) is 11.4. The zero-order valence-corrected chi connectivity index (χ0v) is 10.8. The predicted molar refractivity (Wildman–Crippen MR) is 69.9 cm³/mol. The van der Waals surface area contributed by atoms with Gasteiger partial charge in [-0.1, -0.05) is 6.92 Å². The second kappa shape index (κ2) is 4.86. The Morgan fingerprint density at radius 3 is 2.67 bits per heavy atom. The number of rotatable bonds is 3. The van der Waals surface area contributed by atoms with E-state index in [2.05, 4.69) is 9.97 Å². The summed E-state index contributed by atoms with van der Waals surface area (Å²) in [6.45, 7) is 3.82. The maximum absolute atomic E-state index is 10.8.